The minimum absolute atomic E-state index is 0.00960. The van der Waals surface area contributed by atoms with Crippen molar-refractivity contribution in [1.82, 2.24) is 9.88 Å². The van der Waals surface area contributed by atoms with Gasteiger partial charge in [-0.3, -0.25) is 4.79 Å². The summed E-state index contributed by atoms with van der Waals surface area (Å²) < 4.78 is 10.8. The van der Waals surface area contributed by atoms with Crippen LogP contribution in [0.3, 0.4) is 0 Å². The van der Waals surface area contributed by atoms with E-state index < -0.39 is 0 Å². The van der Waals surface area contributed by atoms with Gasteiger partial charge in [0.1, 0.15) is 16.5 Å². The molecule has 0 radical (unpaired) electrons. The zero-order valence-electron chi connectivity index (χ0n) is 14.0. The van der Waals surface area contributed by atoms with E-state index in [-0.39, 0.29) is 18.6 Å². The minimum atomic E-state index is 0.00960. The van der Waals surface area contributed by atoms with E-state index in [0.717, 1.165) is 36.5 Å². The van der Waals surface area contributed by atoms with Crippen molar-refractivity contribution in [3.05, 3.63) is 40.3 Å². The van der Waals surface area contributed by atoms with Gasteiger partial charge in [-0.1, -0.05) is 6.07 Å². The summed E-state index contributed by atoms with van der Waals surface area (Å²) in [5.41, 5.74) is 1.01. The molecule has 0 saturated carbocycles. The van der Waals surface area contributed by atoms with Crippen molar-refractivity contribution >= 4 is 17.2 Å². The van der Waals surface area contributed by atoms with E-state index in [1.807, 2.05) is 35.4 Å². The molecule has 128 valence electrons. The molecule has 5 nitrogen and oxygen atoms in total. The van der Waals surface area contributed by atoms with Crippen LogP contribution >= 0.6 is 11.3 Å². The van der Waals surface area contributed by atoms with Crippen molar-refractivity contribution in [3.8, 4) is 11.5 Å². The second-order valence-corrected chi connectivity index (χ2v) is 6.78. The molecule has 0 spiro atoms. The van der Waals surface area contributed by atoms with Crippen LogP contribution in [0.15, 0.2) is 29.6 Å². The first-order valence-corrected chi connectivity index (χ1v) is 9.03. The van der Waals surface area contributed by atoms with Gasteiger partial charge in [0.2, 0.25) is 0 Å². The summed E-state index contributed by atoms with van der Waals surface area (Å²) >= 11 is 1.63. The normalized spacial score (nSPS) is 17.6. The van der Waals surface area contributed by atoms with E-state index in [1.165, 1.54) is 0 Å². The van der Waals surface area contributed by atoms with Gasteiger partial charge in [-0.05, 0) is 38.3 Å². The van der Waals surface area contributed by atoms with Crippen LogP contribution in [0.5, 0.6) is 11.5 Å². The van der Waals surface area contributed by atoms with Crippen LogP contribution in [-0.2, 0) is 4.79 Å². The van der Waals surface area contributed by atoms with Gasteiger partial charge >= 0.3 is 0 Å². The van der Waals surface area contributed by atoms with Gasteiger partial charge in [-0.15, -0.1) is 11.3 Å². The standard InChI is InChI=1S/C18H22N2O3S/c1-13-12-24-18(19-13)16-8-3-4-9-20(16)17(21)11-23-15-7-5-6-14(10-15)22-2/h5-7,10,12,16H,3-4,8-9,11H2,1-2H3. The lowest BCUT2D eigenvalue weighted by Crippen LogP contribution is -2.41. The molecule has 1 aliphatic heterocycles. The van der Waals surface area contributed by atoms with Crippen LogP contribution in [0.25, 0.3) is 0 Å². The number of hydrogen-bond donors (Lipinski definition) is 0. The summed E-state index contributed by atoms with van der Waals surface area (Å²) in [6.45, 7) is 2.79. The highest BCUT2D eigenvalue weighted by molar-refractivity contribution is 7.09. The number of likely N-dealkylation sites (tertiary alicyclic amines) is 1. The second kappa shape index (κ2) is 7.66. The largest absolute Gasteiger partial charge is 0.497 e. The Morgan fingerprint density at radius 1 is 1.38 bits per heavy atom. The first-order chi connectivity index (χ1) is 11.7. The van der Waals surface area contributed by atoms with Crippen LogP contribution in [0, 0.1) is 6.92 Å². The van der Waals surface area contributed by atoms with Gasteiger partial charge in [0, 0.05) is 23.7 Å². The van der Waals surface area contributed by atoms with Crippen molar-refractivity contribution in [2.24, 2.45) is 0 Å². The van der Waals surface area contributed by atoms with Crippen LogP contribution < -0.4 is 9.47 Å². The Hall–Kier alpha value is -2.08. The van der Waals surface area contributed by atoms with Crippen molar-refractivity contribution in [2.45, 2.75) is 32.2 Å². The van der Waals surface area contributed by atoms with Gasteiger partial charge in [0.15, 0.2) is 6.61 Å². The first-order valence-electron chi connectivity index (χ1n) is 8.15. The van der Waals surface area contributed by atoms with Crippen LogP contribution in [0.4, 0.5) is 0 Å². The lowest BCUT2D eigenvalue weighted by atomic mass is 10.0. The maximum absolute atomic E-state index is 12.7. The summed E-state index contributed by atoms with van der Waals surface area (Å²) in [5.74, 6) is 1.37. The zero-order valence-corrected chi connectivity index (χ0v) is 14.8. The Morgan fingerprint density at radius 3 is 2.96 bits per heavy atom. The molecule has 3 rings (SSSR count). The molecule has 0 N–H and O–H groups in total. The number of hydrogen-bond acceptors (Lipinski definition) is 5. The predicted molar refractivity (Wildman–Crippen MR) is 93.6 cm³/mol. The Kier molecular flexibility index (Phi) is 5.35. The topological polar surface area (TPSA) is 51.7 Å². The molecule has 24 heavy (non-hydrogen) atoms. The third-order valence-electron chi connectivity index (χ3n) is 4.15. The highest BCUT2D eigenvalue weighted by atomic mass is 32.1. The fourth-order valence-electron chi connectivity index (χ4n) is 2.93. The molecule has 2 heterocycles. The van der Waals surface area contributed by atoms with Crippen molar-refractivity contribution in [2.75, 3.05) is 20.3 Å². The number of benzene rings is 1. The van der Waals surface area contributed by atoms with Crippen molar-refractivity contribution in [3.63, 3.8) is 0 Å². The fraction of sp³-hybridized carbons (Fsp3) is 0.444. The number of ether oxygens (including phenoxy) is 2. The van der Waals surface area contributed by atoms with E-state index in [2.05, 4.69) is 4.98 Å². The number of amides is 1. The third kappa shape index (κ3) is 3.87. The third-order valence-corrected chi connectivity index (χ3v) is 5.21. The molecular weight excluding hydrogens is 324 g/mol. The summed E-state index contributed by atoms with van der Waals surface area (Å²) in [4.78, 5) is 19.2. The number of carbonyl (C=O) groups is 1. The zero-order chi connectivity index (χ0) is 16.9. The Morgan fingerprint density at radius 2 is 2.21 bits per heavy atom. The molecule has 0 bridgehead atoms. The highest BCUT2D eigenvalue weighted by Crippen LogP contribution is 2.32. The molecule has 1 atom stereocenters. The van der Waals surface area contributed by atoms with Gasteiger partial charge in [-0.2, -0.15) is 0 Å². The number of aromatic nitrogens is 1. The average Bonchev–Trinajstić information content (AvgIpc) is 3.06. The Balaban J connectivity index is 1.65. The molecule has 1 saturated heterocycles. The summed E-state index contributed by atoms with van der Waals surface area (Å²) in [6.07, 6.45) is 3.13. The van der Waals surface area contributed by atoms with Crippen LogP contribution in [0.2, 0.25) is 0 Å². The van der Waals surface area contributed by atoms with E-state index in [4.69, 9.17) is 9.47 Å². The molecule has 2 aromatic rings. The monoisotopic (exact) mass is 346 g/mol. The number of carbonyl (C=O) groups excluding carboxylic acids is 1. The lowest BCUT2D eigenvalue weighted by Gasteiger charge is -2.34. The van der Waals surface area contributed by atoms with E-state index >= 15 is 0 Å². The maximum atomic E-state index is 12.7. The number of aryl methyl sites for hydroxylation is 1. The highest BCUT2D eigenvalue weighted by Gasteiger charge is 2.30. The summed E-state index contributed by atoms with van der Waals surface area (Å²) in [5, 5.41) is 3.07. The van der Waals surface area contributed by atoms with Gasteiger partial charge in [-0.25, -0.2) is 4.98 Å². The number of methoxy groups -OCH3 is 1. The number of piperidine rings is 1. The molecule has 1 amide bonds. The van der Waals surface area contributed by atoms with E-state index in [0.29, 0.717) is 11.5 Å². The van der Waals surface area contributed by atoms with Crippen molar-refractivity contribution < 1.29 is 14.3 Å². The van der Waals surface area contributed by atoms with Crippen LogP contribution in [-0.4, -0.2) is 36.1 Å². The SMILES string of the molecule is COc1cccc(OCC(=O)N2CCCCC2c2nc(C)cs2)c1. The number of nitrogens with zero attached hydrogens (tertiary/aromatic N) is 2. The Labute approximate surface area is 146 Å². The molecule has 1 aliphatic rings. The average molecular weight is 346 g/mol. The maximum Gasteiger partial charge on any atom is 0.261 e. The summed E-state index contributed by atoms with van der Waals surface area (Å²) in [6, 6.07) is 7.39. The van der Waals surface area contributed by atoms with Gasteiger partial charge in [0.05, 0.1) is 13.2 Å². The number of rotatable bonds is 5. The quantitative estimate of drug-likeness (QED) is 0.830. The molecule has 1 fully saturated rings. The molecule has 1 unspecified atom stereocenters. The smallest absolute Gasteiger partial charge is 0.261 e. The molecule has 1 aromatic heterocycles. The lowest BCUT2D eigenvalue weighted by molar-refractivity contribution is -0.137. The molecular formula is C18H22N2O3S. The second-order valence-electron chi connectivity index (χ2n) is 5.89. The summed E-state index contributed by atoms with van der Waals surface area (Å²) in [7, 11) is 1.61. The predicted octanol–water partition coefficient (Wildman–Crippen LogP) is 3.59. The number of thiazole rings is 1. The fourth-order valence-corrected chi connectivity index (χ4v) is 3.87. The molecule has 0 aliphatic carbocycles. The van der Waals surface area contributed by atoms with E-state index in [1.54, 1.807) is 24.5 Å². The van der Waals surface area contributed by atoms with Gasteiger partial charge in [0.25, 0.3) is 5.91 Å². The first kappa shape index (κ1) is 16.8. The van der Waals surface area contributed by atoms with Crippen LogP contribution in [0.1, 0.15) is 36.0 Å². The molecule has 1 aromatic carbocycles. The van der Waals surface area contributed by atoms with Crippen molar-refractivity contribution in [1.29, 1.82) is 0 Å². The Bertz CT molecular complexity index is 701. The van der Waals surface area contributed by atoms with Gasteiger partial charge < -0.3 is 14.4 Å². The minimum Gasteiger partial charge on any atom is -0.497 e. The molecule has 6 heteroatoms. The van der Waals surface area contributed by atoms with E-state index in [9.17, 15) is 4.79 Å².